The molecule has 1 aromatic carbocycles. The van der Waals surface area contributed by atoms with Crippen LogP contribution in [0.5, 0.6) is 0 Å². The summed E-state index contributed by atoms with van der Waals surface area (Å²) in [5.74, 6) is 0. The number of rotatable bonds is 7. The van der Waals surface area contributed by atoms with Crippen LogP contribution in [0.2, 0.25) is 32.7 Å². The molecule has 20 heavy (non-hydrogen) atoms. The number of hydrogen-bond donors (Lipinski definition) is 0. The molecule has 0 aliphatic rings. The first-order chi connectivity index (χ1) is 9.14. The molecule has 0 bridgehead atoms. The minimum absolute atomic E-state index is 0.564. The van der Waals surface area contributed by atoms with Crippen LogP contribution in [0.1, 0.15) is 0 Å². The van der Waals surface area contributed by atoms with Crippen LogP contribution in [-0.2, 0) is 8.23 Å². The highest BCUT2D eigenvalue weighted by molar-refractivity contribution is 6.96. The van der Waals surface area contributed by atoms with Gasteiger partial charge in [-0.05, 0) is 37.9 Å². The molecule has 114 valence electrons. The lowest BCUT2D eigenvalue weighted by Crippen LogP contribution is -2.62. The quantitative estimate of drug-likeness (QED) is 0.536. The van der Waals surface area contributed by atoms with Crippen molar-refractivity contribution >= 4 is 53.6 Å². The highest BCUT2D eigenvalue weighted by Gasteiger charge is 2.44. The van der Waals surface area contributed by atoms with Crippen LogP contribution in [0.3, 0.4) is 0 Å². The molecule has 1 rings (SSSR count). The van der Waals surface area contributed by atoms with Crippen molar-refractivity contribution in [3.05, 3.63) is 30.3 Å². The van der Waals surface area contributed by atoms with Gasteiger partial charge in [-0.25, -0.2) is 0 Å². The second-order valence-corrected chi connectivity index (χ2v) is 19.6. The zero-order valence-electron chi connectivity index (χ0n) is 12.9. The zero-order valence-corrected chi connectivity index (χ0v) is 17.4. The molecule has 0 fully saturated rings. The summed E-state index contributed by atoms with van der Waals surface area (Å²) in [5.41, 5.74) is 1.13. The average Bonchev–Trinajstić information content (AvgIpc) is 2.38. The Hall–Kier alpha value is 0.371. The fourth-order valence-corrected chi connectivity index (χ4v) is 14.1. The molecule has 0 spiro atoms. The lowest BCUT2D eigenvalue weighted by molar-refractivity contribution is 0.403. The van der Waals surface area contributed by atoms with Crippen LogP contribution in [0.25, 0.3) is 0 Å². The minimum atomic E-state index is -2.48. The van der Waals surface area contributed by atoms with E-state index in [1.807, 2.05) is 18.2 Å². The Bertz CT molecular complexity index is 409. The lowest BCUT2D eigenvalue weighted by Gasteiger charge is -2.39. The van der Waals surface area contributed by atoms with E-state index in [0.29, 0.717) is 11.0 Å². The normalized spacial score (nSPS) is 13.6. The SMILES string of the molecule is C[Si](C)(CCl)O[Si](C)(O[Si](C)(C)CCl)c1ccccc1. The summed E-state index contributed by atoms with van der Waals surface area (Å²) in [6, 6.07) is 10.2. The summed E-state index contributed by atoms with van der Waals surface area (Å²) < 4.78 is 13.0. The molecule has 0 aliphatic heterocycles. The van der Waals surface area contributed by atoms with Crippen molar-refractivity contribution in [1.82, 2.24) is 0 Å². The first-order valence-corrected chi connectivity index (χ1v) is 16.3. The first-order valence-electron chi connectivity index (χ1n) is 6.72. The van der Waals surface area contributed by atoms with Gasteiger partial charge in [0.15, 0.2) is 16.6 Å². The maximum atomic E-state index is 6.50. The van der Waals surface area contributed by atoms with Crippen molar-refractivity contribution in [3.8, 4) is 0 Å². The van der Waals surface area contributed by atoms with Gasteiger partial charge in [0.1, 0.15) is 0 Å². The molecule has 0 atom stereocenters. The van der Waals surface area contributed by atoms with Gasteiger partial charge in [-0.3, -0.25) is 0 Å². The summed E-state index contributed by atoms with van der Waals surface area (Å²) in [4.78, 5) is 0. The predicted octanol–water partition coefficient (Wildman–Crippen LogP) is 3.97. The van der Waals surface area contributed by atoms with Gasteiger partial charge in [0, 0.05) is 11.0 Å². The highest BCUT2D eigenvalue weighted by atomic mass is 35.5. The predicted molar refractivity (Wildman–Crippen MR) is 96.3 cm³/mol. The van der Waals surface area contributed by atoms with Crippen LogP contribution in [0.4, 0.5) is 0 Å². The topological polar surface area (TPSA) is 18.5 Å². The van der Waals surface area contributed by atoms with E-state index in [9.17, 15) is 0 Å². The molecule has 7 heteroatoms. The van der Waals surface area contributed by atoms with Crippen LogP contribution in [-0.4, -0.2) is 36.2 Å². The van der Waals surface area contributed by atoms with Gasteiger partial charge in [0.2, 0.25) is 0 Å². The minimum Gasteiger partial charge on any atom is -0.432 e. The Morgan fingerprint density at radius 2 is 1.20 bits per heavy atom. The third kappa shape index (κ3) is 5.29. The molecular formula is C13H24Cl2O2Si3. The Morgan fingerprint density at radius 1 is 0.800 bits per heavy atom. The Balaban J connectivity index is 3.13. The molecule has 0 aromatic heterocycles. The Kier molecular flexibility index (Phi) is 6.53. The fourth-order valence-electron chi connectivity index (χ4n) is 1.99. The van der Waals surface area contributed by atoms with E-state index in [4.69, 9.17) is 31.4 Å². The average molecular weight is 367 g/mol. The van der Waals surface area contributed by atoms with E-state index in [1.54, 1.807) is 0 Å². The van der Waals surface area contributed by atoms with Gasteiger partial charge in [-0.1, -0.05) is 30.3 Å². The molecule has 0 N–H and O–H groups in total. The van der Waals surface area contributed by atoms with Crippen LogP contribution in [0.15, 0.2) is 30.3 Å². The van der Waals surface area contributed by atoms with Gasteiger partial charge in [0.05, 0.1) is 0 Å². The molecule has 0 unspecified atom stereocenters. The molecule has 1 aromatic rings. The van der Waals surface area contributed by atoms with Crippen molar-refractivity contribution in [2.75, 3.05) is 11.0 Å². The number of benzene rings is 1. The largest absolute Gasteiger partial charge is 0.432 e. The summed E-state index contributed by atoms with van der Waals surface area (Å²) in [6.07, 6.45) is 0. The number of hydrogen-bond acceptors (Lipinski definition) is 2. The van der Waals surface area contributed by atoms with Crippen LogP contribution < -0.4 is 5.19 Å². The highest BCUT2D eigenvalue weighted by Crippen LogP contribution is 2.22. The van der Waals surface area contributed by atoms with Crippen molar-refractivity contribution < 1.29 is 8.23 Å². The van der Waals surface area contributed by atoms with Crippen molar-refractivity contribution in [2.24, 2.45) is 0 Å². The molecule has 0 amide bonds. The van der Waals surface area contributed by atoms with Gasteiger partial charge in [-0.2, -0.15) is 0 Å². The standard InChI is InChI=1S/C13H24Cl2O2Si3/c1-18(2,11-14)16-20(5,17-19(3,4)12-15)13-9-7-6-8-10-13/h6-10H,11-12H2,1-5H3. The summed E-state index contributed by atoms with van der Waals surface area (Å²) in [7, 11) is -6.34. The zero-order chi connectivity index (χ0) is 15.4. The molecular weight excluding hydrogens is 343 g/mol. The fraction of sp³-hybridized carbons (Fsp3) is 0.538. The van der Waals surface area contributed by atoms with E-state index in [2.05, 4.69) is 44.9 Å². The van der Waals surface area contributed by atoms with E-state index >= 15 is 0 Å². The molecule has 0 radical (unpaired) electrons. The monoisotopic (exact) mass is 366 g/mol. The van der Waals surface area contributed by atoms with Crippen molar-refractivity contribution in [3.63, 3.8) is 0 Å². The Morgan fingerprint density at radius 3 is 1.55 bits per heavy atom. The second-order valence-electron chi connectivity index (χ2n) is 6.30. The molecule has 0 heterocycles. The maximum Gasteiger partial charge on any atom is 0.348 e. The molecule has 2 nitrogen and oxygen atoms in total. The van der Waals surface area contributed by atoms with Gasteiger partial charge in [0.25, 0.3) is 0 Å². The van der Waals surface area contributed by atoms with Gasteiger partial charge >= 0.3 is 8.56 Å². The van der Waals surface area contributed by atoms with E-state index in [1.165, 1.54) is 0 Å². The summed E-state index contributed by atoms with van der Waals surface area (Å²) in [6.45, 7) is 10.6. The Labute approximate surface area is 135 Å². The van der Waals surface area contributed by atoms with Gasteiger partial charge in [-0.15, -0.1) is 23.2 Å². The van der Waals surface area contributed by atoms with E-state index < -0.39 is 25.2 Å². The van der Waals surface area contributed by atoms with Crippen molar-refractivity contribution in [1.29, 1.82) is 0 Å². The number of alkyl halides is 2. The number of halogens is 2. The van der Waals surface area contributed by atoms with Crippen LogP contribution in [0, 0.1) is 0 Å². The molecule has 0 saturated heterocycles. The van der Waals surface area contributed by atoms with Gasteiger partial charge < -0.3 is 8.23 Å². The summed E-state index contributed by atoms with van der Waals surface area (Å²) in [5, 5.41) is 1.15. The molecule has 0 saturated carbocycles. The van der Waals surface area contributed by atoms with E-state index in [-0.39, 0.29) is 0 Å². The lowest BCUT2D eigenvalue weighted by atomic mass is 10.4. The molecule has 0 aliphatic carbocycles. The van der Waals surface area contributed by atoms with Crippen molar-refractivity contribution in [2.45, 2.75) is 32.7 Å². The first kappa shape index (κ1) is 18.4. The maximum absolute atomic E-state index is 6.50. The third-order valence-electron chi connectivity index (χ3n) is 2.88. The smallest absolute Gasteiger partial charge is 0.348 e. The van der Waals surface area contributed by atoms with Crippen LogP contribution >= 0.6 is 23.2 Å². The third-order valence-corrected chi connectivity index (χ3v) is 17.0. The second kappa shape index (κ2) is 7.09. The van der Waals surface area contributed by atoms with E-state index in [0.717, 1.165) is 5.19 Å². The summed E-state index contributed by atoms with van der Waals surface area (Å²) >= 11 is 12.2.